The molecule has 7 amide bonds. The Bertz CT molecular complexity index is 1530. The van der Waals surface area contributed by atoms with E-state index in [-0.39, 0.29) is 13.0 Å². The van der Waals surface area contributed by atoms with Crippen molar-refractivity contribution < 1.29 is 78.3 Å². The number of aliphatic hydroxyl groups is 1. The van der Waals surface area contributed by atoms with Crippen LogP contribution in [0.15, 0.2) is 0 Å². The smallest absolute Gasteiger partial charge is 0.326 e. The number of carbonyl (C=O) groups is 11. The fourth-order valence-corrected chi connectivity index (χ4v) is 5.75. The Morgan fingerprint density at radius 2 is 1.02 bits per heavy atom. The number of rotatable bonds is 23. The van der Waals surface area contributed by atoms with Gasteiger partial charge in [-0.3, -0.25) is 47.9 Å². The summed E-state index contributed by atoms with van der Waals surface area (Å²) in [5.41, 5.74) is 0. The molecule has 0 aromatic carbocycles. The van der Waals surface area contributed by atoms with Crippen LogP contribution < -0.4 is 31.9 Å². The average Bonchev–Trinajstić information content (AvgIpc) is 3.58. The van der Waals surface area contributed by atoms with Crippen LogP contribution in [-0.2, 0) is 52.7 Å². The second-order valence-corrected chi connectivity index (χ2v) is 14.2. The minimum absolute atomic E-state index is 0.143. The topological polar surface area (TPSA) is 364 Å². The van der Waals surface area contributed by atoms with Gasteiger partial charge in [0.1, 0.15) is 42.3 Å². The predicted octanol–water partition coefficient (Wildman–Crippen LogP) is -3.50. The van der Waals surface area contributed by atoms with Gasteiger partial charge in [-0.2, -0.15) is 0 Å². The number of aliphatic carboxylic acids is 4. The van der Waals surface area contributed by atoms with Gasteiger partial charge in [0.15, 0.2) is 0 Å². The summed E-state index contributed by atoms with van der Waals surface area (Å²) in [6.45, 7) is 8.40. The summed E-state index contributed by atoms with van der Waals surface area (Å²) in [6.07, 6.45) is -4.50. The highest BCUT2D eigenvalue weighted by molar-refractivity contribution is 5.99. The molecule has 57 heavy (non-hydrogen) atoms. The lowest BCUT2D eigenvalue weighted by molar-refractivity contribution is -0.150. The van der Waals surface area contributed by atoms with E-state index in [9.17, 15) is 73.2 Å². The lowest BCUT2D eigenvalue weighted by Gasteiger charge is -2.32. The van der Waals surface area contributed by atoms with Crippen LogP contribution in [0.2, 0.25) is 0 Å². The van der Waals surface area contributed by atoms with Crippen molar-refractivity contribution in [2.24, 2.45) is 11.8 Å². The molecule has 1 fully saturated rings. The van der Waals surface area contributed by atoms with Crippen LogP contribution in [0.1, 0.15) is 80.1 Å². The molecule has 1 heterocycles. The van der Waals surface area contributed by atoms with Crippen molar-refractivity contribution in [1.82, 2.24) is 36.8 Å². The maximum atomic E-state index is 13.5. The molecule has 0 saturated carbocycles. The van der Waals surface area contributed by atoms with Crippen molar-refractivity contribution in [2.45, 2.75) is 128 Å². The number of aliphatic hydroxyl groups excluding tert-OH is 1. The molecule has 0 bridgehead atoms. The van der Waals surface area contributed by atoms with E-state index in [0.29, 0.717) is 6.42 Å². The van der Waals surface area contributed by atoms with E-state index in [1.54, 1.807) is 13.8 Å². The van der Waals surface area contributed by atoms with E-state index in [4.69, 9.17) is 5.11 Å². The molecule has 0 spiro atoms. The summed E-state index contributed by atoms with van der Waals surface area (Å²) in [5, 5.41) is 61.0. The number of nitrogens with zero attached hydrogens (tertiary/aromatic N) is 1. The zero-order chi connectivity index (χ0) is 43.9. The fourth-order valence-electron chi connectivity index (χ4n) is 5.75. The van der Waals surface area contributed by atoms with E-state index < -0.39 is 151 Å². The van der Waals surface area contributed by atoms with Crippen LogP contribution in [0, 0.1) is 11.8 Å². The molecule has 1 rings (SSSR count). The number of carbonyl (C=O) groups excluding carboxylic acids is 7. The molecule has 0 radical (unpaired) electrons. The second-order valence-electron chi connectivity index (χ2n) is 14.2. The van der Waals surface area contributed by atoms with Crippen molar-refractivity contribution in [3.05, 3.63) is 0 Å². The molecule has 1 aliphatic rings. The Kier molecular flexibility index (Phi) is 19.5. The van der Waals surface area contributed by atoms with Crippen molar-refractivity contribution in [2.75, 3.05) is 6.54 Å². The van der Waals surface area contributed by atoms with Crippen LogP contribution in [-0.4, -0.2) is 151 Å². The predicted molar refractivity (Wildman–Crippen MR) is 192 cm³/mol. The van der Waals surface area contributed by atoms with Gasteiger partial charge < -0.3 is 62.3 Å². The normalized spacial score (nSPS) is 17.4. The van der Waals surface area contributed by atoms with Gasteiger partial charge in [-0.1, -0.05) is 27.7 Å². The summed E-state index contributed by atoms with van der Waals surface area (Å²) < 4.78 is 0. The third-order valence-corrected chi connectivity index (χ3v) is 8.73. The van der Waals surface area contributed by atoms with Gasteiger partial charge in [-0.05, 0) is 38.0 Å². The van der Waals surface area contributed by atoms with Crippen LogP contribution >= 0.6 is 0 Å². The maximum absolute atomic E-state index is 13.5. The van der Waals surface area contributed by atoms with Gasteiger partial charge >= 0.3 is 23.9 Å². The second kappa shape index (κ2) is 22.6. The SMILES string of the molecule is CC(=O)N[C@@H](CC(=O)O)C(=O)N[C@H](C(=O)N[C@@H](CCC(=O)O)C(=O)N[C@@H](CC(=O)O)C(=O)N[C@H](C(=O)N[C@H](C(=O)N1CCC[C@H]1C(=O)O)C(C)C)C(C)C)[C@@H](C)O. The zero-order valence-corrected chi connectivity index (χ0v) is 32.4. The molecular formula is C34H53N7O16. The number of hydrogen-bond acceptors (Lipinski definition) is 12. The first kappa shape index (κ1) is 49.1. The minimum Gasteiger partial charge on any atom is -0.481 e. The summed E-state index contributed by atoms with van der Waals surface area (Å²) in [6, 6.07) is -11.1. The van der Waals surface area contributed by atoms with Crippen molar-refractivity contribution >= 4 is 65.2 Å². The van der Waals surface area contributed by atoms with Gasteiger partial charge in [-0.25, -0.2) is 4.79 Å². The standard InChI is InChI=1S/C34H53N7O16/c1-14(2)25(31(53)39-26(15(3)4)33(55)41-11-7-8-21(41)34(56)57)38-30(52)20(13-24(48)49)37-28(50)18(9-10-22(44)45)36-32(54)27(16(5)42)40-29(51)19(12-23(46)47)35-17(6)43/h14-16,18-21,25-27,42H,7-13H2,1-6H3,(H,35,43)(H,36,54)(H,37,50)(H,38,52)(H,39,53)(H,40,51)(H,44,45)(H,46,47)(H,48,49)(H,56,57)/t16-,18+,19+,20+,21+,25+,26+,27+/m1/s1. The van der Waals surface area contributed by atoms with Crippen LogP contribution in [0.5, 0.6) is 0 Å². The summed E-state index contributed by atoms with van der Waals surface area (Å²) in [4.78, 5) is 139. The minimum atomic E-state index is -1.95. The van der Waals surface area contributed by atoms with Crippen molar-refractivity contribution in [3.63, 3.8) is 0 Å². The van der Waals surface area contributed by atoms with Gasteiger partial charge in [-0.15, -0.1) is 0 Å². The Labute approximate surface area is 327 Å². The number of nitrogens with one attached hydrogen (secondary N) is 6. The van der Waals surface area contributed by atoms with E-state index >= 15 is 0 Å². The highest BCUT2D eigenvalue weighted by Crippen LogP contribution is 2.21. The molecule has 0 aromatic rings. The molecule has 0 aliphatic carbocycles. The molecule has 0 aromatic heterocycles. The highest BCUT2D eigenvalue weighted by Gasteiger charge is 2.40. The fraction of sp³-hybridized carbons (Fsp3) is 0.676. The van der Waals surface area contributed by atoms with Gasteiger partial charge in [0.05, 0.1) is 18.9 Å². The average molecular weight is 816 g/mol. The monoisotopic (exact) mass is 815 g/mol. The number of likely N-dealkylation sites (tertiary alicyclic amines) is 1. The largest absolute Gasteiger partial charge is 0.481 e. The third-order valence-electron chi connectivity index (χ3n) is 8.73. The highest BCUT2D eigenvalue weighted by atomic mass is 16.4. The van der Waals surface area contributed by atoms with E-state index in [2.05, 4.69) is 31.9 Å². The van der Waals surface area contributed by atoms with Crippen LogP contribution in [0.4, 0.5) is 0 Å². The van der Waals surface area contributed by atoms with E-state index in [1.807, 2.05) is 0 Å². The summed E-state index contributed by atoms with van der Waals surface area (Å²) in [5.74, 6) is -14.4. The van der Waals surface area contributed by atoms with Crippen LogP contribution in [0.25, 0.3) is 0 Å². The first-order chi connectivity index (χ1) is 26.4. The third kappa shape index (κ3) is 16.0. The lowest BCUT2D eigenvalue weighted by Crippen LogP contribution is -2.62. The molecule has 11 N–H and O–H groups in total. The zero-order valence-electron chi connectivity index (χ0n) is 32.4. The first-order valence-corrected chi connectivity index (χ1v) is 18.0. The quantitative estimate of drug-likeness (QED) is 0.0477. The van der Waals surface area contributed by atoms with Crippen molar-refractivity contribution in [3.8, 4) is 0 Å². The van der Waals surface area contributed by atoms with Crippen molar-refractivity contribution in [1.29, 1.82) is 0 Å². The molecule has 23 heteroatoms. The number of amides is 7. The van der Waals surface area contributed by atoms with Gasteiger partial charge in [0.25, 0.3) is 0 Å². The molecular weight excluding hydrogens is 762 g/mol. The molecule has 1 aliphatic heterocycles. The molecule has 23 nitrogen and oxygen atoms in total. The lowest BCUT2D eigenvalue weighted by atomic mass is 9.98. The maximum Gasteiger partial charge on any atom is 0.326 e. The van der Waals surface area contributed by atoms with E-state index in [1.165, 1.54) is 13.8 Å². The van der Waals surface area contributed by atoms with Gasteiger partial charge in [0.2, 0.25) is 41.4 Å². The number of carboxylic acid groups (broad SMARTS) is 4. The molecule has 8 atom stereocenters. The first-order valence-electron chi connectivity index (χ1n) is 18.0. The molecule has 0 unspecified atom stereocenters. The molecule has 1 saturated heterocycles. The summed E-state index contributed by atoms with van der Waals surface area (Å²) in [7, 11) is 0. The van der Waals surface area contributed by atoms with Gasteiger partial charge in [0, 0.05) is 19.9 Å². The molecule has 320 valence electrons. The Morgan fingerprint density at radius 1 is 0.579 bits per heavy atom. The Morgan fingerprint density at radius 3 is 1.46 bits per heavy atom. The Balaban J connectivity index is 3.31. The number of hydrogen-bond donors (Lipinski definition) is 11. The Hall–Kier alpha value is -5.87. The van der Waals surface area contributed by atoms with E-state index in [0.717, 1.165) is 18.7 Å². The van der Waals surface area contributed by atoms with Crippen LogP contribution in [0.3, 0.4) is 0 Å². The number of carboxylic acids is 4. The summed E-state index contributed by atoms with van der Waals surface area (Å²) >= 11 is 0.